The van der Waals surface area contributed by atoms with Crippen LogP contribution in [-0.2, 0) is 4.79 Å². The minimum Gasteiger partial charge on any atom is -0.340 e. The third kappa shape index (κ3) is 4.54. The molecule has 1 aromatic carbocycles. The molecule has 1 atom stereocenters. The molecule has 0 spiro atoms. The van der Waals surface area contributed by atoms with Crippen molar-refractivity contribution in [2.24, 2.45) is 5.92 Å². The molecule has 0 aliphatic carbocycles. The van der Waals surface area contributed by atoms with E-state index in [0.717, 1.165) is 23.5 Å². The van der Waals surface area contributed by atoms with Gasteiger partial charge in [-0.25, -0.2) is 0 Å². The Balaban J connectivity index is 2.05. The number of nitro groups is 1. The van der Waals surface area contributed by atoms with Crippen molar-refractivity contribution >= 4 is 29.0 Å². The standard InChI is InChI=1S/C20H20ClN3O5/c1-13-7-9-22(10-8-13)20(27)18(23-12-15(21)5-6-17(23)25)19(26)14-3-2-4-16(11-14)24(28)29/h2-6,11-13,18H,7-10H2,1H3/t18-/m0/s1. The number of carbonyl (C=O) groups is 2. The number of hydrogen-bond donors (Lipinski definition) is 0. The molecule has 9 heteroatoms. The van der Waals surface area contributed by atoms with Crippen molar-refractivity contribution in [1.29, 1.82) is 0 Å². The molecular formula is C20H20ClN3O5. The molecule has 2 heterocycles. The minimum atomic E-state index is -1.48. The Bertz CT molecular complexity index is 1010. The van der Waals surface area contributed by atoms with Crippen molar-refractivity contribution < 1.29 is 14.5 Å². The van der Waals surface area contributed by atoms with Crippen LogP contribution < -0.4 is 5.56 Å². The van der Waals surface area contributed by atoms with Crippen LogP contribution >= 0.6 is 11.6 Å². The summed E-state index contributed by atoms with van der Waals surface area (Å²) < 4.78 is 1.00. The highest BCUT2D eigenvalue weighted by Gasteiger charge is 2.35. The lowest BCUT2D eigenvalue weighted by Crippen LogP contribution is -2.46. The second-order valence-corrected chi connectivity index (χ2v) is 7.61. The Morgan fingerprint density at radius 2 is 1.90 bits per heavy atom. The molecule has 152 valence electrons. The van der Waals surface area contributed by atoms with Gasteiger partial charge in [-0.2, -0.15) is 0 Å². The van der Waals surface area contributed by atoms with Crippen molar-refractivity contribution in [1.82, 2.24) is 9.47 Å². The third-order valence-electron chi connectivity index (χ3n) is 5.10. The highest BCUT2D eigenvalue weighted by Crippen LogP contribution is 2.24. The number of nitro benzene ring substituents is 1. The van der Waals surface area contributed by atoms with Crippen LogP contribution in [0.25, 0.3) is 0 Å². The van der Waals surface area contributed by atoms with Crippen LogP contribution in [-0.4, -0.2) is 39.2 Å². The van der Waals surface area contributed by atoms with E-state index in [4.69, 9.17) is 11.6 Å². The molecule has 0 radical (unpaired) electrons. The summed E-state index contributed by atoms with van der Waals surface area (Å²) in [6.45, 7) is 3.05. The van der Waals surface area contributed by atoms with Gasteiger partial charge in [0.15, 0.2) is 11.8 Å². The van der Waals surface area contributed by atoms with Gasteiger partial charge in [0.1, 0.15) is 0 Å². The number of hydrogen-bond acceptors (Lipinski definition) is 5. The molecule has 0 unspecified atom stereocenters. The molecule has 29 heavy (non-hydrogen) atoms. The van der Waals surface area contributed by atoms with E-state index >= 15 is 0 Å². The molecule has 1 fully saturated rings. The predicted octanol–water partition coefficient (Wildman–Crippen LogP) is 3.09. The van der Waals surface area contributed by atoms with Gasteiger partial charge in [0, 0.05) is 43.0 Å². The molecule has 1 saturated heterocycles. The van der Waals surface area contributed by atoms with Crippen LogP contribution in [0.15, 0.2) is 47.4 Å². The number of ketones is 1. The van der Waals surface area contributed by atoms with E-state index in [9.17, 15) is 24.5 Å². The molecule has 1 amide bonds. The maximum Gasteiger partial charge on any atom is 0.270 e. The van der Waals surface area contributed by atoms with E-state index in [1.54, 1.807) is 4.90 Å². The normalized spacial score (nSPS) is 15.7. The number of Topliss-reactive ketones (excluding diaryl/α,β-unsaturated/α-hetero) is 1. The molecule has 1 aliphatic rings. The number of likely N-dealkylation sites (tertiary alicyclic amines) is 1. The predicted molar refractivity (Wildman–Crippen MR) is 107 cm³/mol. The Hall–Kier alpha value is -3.00. The van der Waals surface area contributed by atoms with Gasteiger partial charge < -0.3 is 4.90 Å². The fourth-order valence-electron chi connectivity index (χ4n) is 3.37. The summed E-state index contributed by atoms with van der Waals surface area (Å²) in [6.07, 6.45) is 2.84. The fourth-order valence-corrected chi connectivity index (χ4v) is 3.54. The molecule has 0 bridgehead atoms. The summed E-state index contributed by atoms with van der Waals surface area (Å²) >= 11 is 6.00. The van der Waals surface area contributed by atoms with E-state index in [-0.39, 0.29) is 16.3 Å². The number of non-ortho nitro benzene ring substituents is 1. The maximum atomic E-state index is 13.3. The summed E-state index contributed by atoms with van der Waals surface area (Å²) in [5.74, 6) is -0.738. The number of amides is 1. The second kappa shape index (κ2) is 8.57. The number of pyridine rings is 1. The minimum absolute atomic E-state index is 0.0187. The molecule has 1 aromatic heterocycles. The first-order chi connectivity index (χ1) is 13.8. The van der Waals surface area contributed by atoms with Gasteiger partial charge in [-0.05, 0) is 24.8 Å². The second-order valence-electron chi connectivity index (χ2n) is 7.17. The van der Waals surface area contributed by atoms with Crippen LogP contribution in [0.2, 0.25) is 5.02 Å². The molecule has 0 saturated carbocycles. The van der Waals surface area contributed by atoms with Crippen LogP contribution in [0.5, 0.6) is 0 Å². The largest absolute Gasteiger partial charge is 0.340 e. The Kier molecular flexibility index (Phi) is 6.12. The summed E-state index contributed by atoms with van der Waals surface area (Å²) in [7, 11) is 0. The smallest absolute Gasteiger partial charge is 0.270 e. The number of rotatable bonds is 5. The van der Waals surface area contributed by atoms with E-state index in [0.29, 0.717) is 19.0 Å². The zero-order valence-corrected chi connectivity index (χ0v) is 16.5. The van der Waals surface area contributed by atoms with Crippen LogP contribution in [0.3, 0.4) is 0 Å². The Morgan fingerprint density at radius 1 is 1.21 bits per heavy atom. The van der Waals surface area contributed by atoms with Crippen LogP contribution in [0, 0.1) is 16.0 Å². The summed E-state index contributed by atoms with van der Waals surface area (Å²) in [5, 5.41) is 11.3. The summed E-state index contributed by atoms with van der Waals surface area (Å²) in [4.78, 5) is 51.0. The molecule has 2 aromatic rings. The van der Waals surface area contributed by atoms with Crippen molar-refractivity contribution in [2.75, 3.05) is 13.1 Å². The number of benzene rings is 1. The topological polar surface area (TPSA) is 103 Å². The monoisotopic (exact) mass is 417 g/mol. The Morgan fingerprint density at radius 3 is 2.55 bits per heavy atom. The SMILES string of the molecule is CC1CCN(C(=O)[C@H](C(=O)c2cccc([N+](=O)[O-])c2)n2cc(Cl)ccc2=O)CC1. The number of halogens is 1. The molecule has 0 N–H and O–H groups in total. The first kappa shape index (κ1) is 20.7. The van der Waals surface area contributed by atoms with Crippen LogP contribution in [0.4, 0.5) is 5.69 Å². The molecule has 8 nitrogen and oxygen atoms in total. The van der Waals surface area contributed by atoms with Gasteiger partial charge in [-0.15, -0.1) is 0 Å². The highest BCUT2D eigenvalue weighted by atomic mass is 35.5. The molecule has 1 aliphatic heterocycles. The summed E-state index contributed by atoms with van der Waals surface area (Å²) in [6, 6.07) is 6.21. The lowest BCUT2D eigenvalue weighted by molar-refractivity contribution is -0.384. The lowest BCUT2D eigenvalue weighted by atomic mass is 9.97. The summed E-state index contributed by atoms with van der Waals surface area (Å²) in [5.41, 5.74) is -0.848. The number of carbonyl (C=O) groups excluding carboxylic acids is 2. The average molecular weight is 418 g/mol. The third-order valence-corrected chi connectivity index (χ3v) is 5.32. The average Bonchev–Trinajstić information content (AvgIpc) is 2.71. The first-order valence-corrected chi connectivity index (χ1v) is 9.61. The number of piperidine rings is 1. The number of nitrogens with zero attached hydrogens (tertiary/aromatic N) is 3. The van der Waals surface area contributed by atoms with Gasteiger partial charge in [-0.1, -0.05) is 30.7 Å². The van der Waals surface area contributed by atoms with Gasteiger partial charge in [0.05, 0.1) is 9.95 Å². The van der Waals surface area contributed by atoms with E-state index in [2.05, 4.69) is 6.92 Å². The zero-order valence-electron chi connectivity index (χ0n) is 15.8. The van der Waals surface area contributed by atoms with Gasteiger partial charge >= 0.3 is 0 Å². The molecular weight excluding hydrogens is 398 g/mol. The zero-order chi connectivity index (χ0) is 21.1. The maximum absolute atomic E-state index is 13.3. The molecule has 3 rings (SSSR count). The van der Waals surface area contributed by atoms with E-state index in [1.165, 1.54) is 36.5 Å². The first-order valence-electron chi connectivity index (χ1n) is 9.23. The lowest BCUT2D eigenvalue weighted by Gasteiger charge is -2.33. The van der Waals surface area contributed by atoms with Gasteiger partial charge in [0.2, 0.25) is 0 Å². The van der Waals surface area contributed by atoms with Crippen molar-refractivity contribution in [3.8, 4) is 0 Å². The van der Waals surface area contributed by atoms with Crippen molar-refractivity contribution in [3.63, 3.8) is 0 Å². The van der Waals surface area contributed by atoms with Gasteiger partial charge in [-0.3, -0.25) is 29.1 Å². The van der Waals surface area contributed by atoms with Crippen molar-refractivity contribution in [3.05, 3.63) is 73.6 Å². The van der Waals surface area contributed by atoms with Crippen LogP contribution in [0.1, 0.15) is 36.2 Å². The fraction of sp³-hybridized carbons (Fsp3) is 0.350. The van der Waals surface area contributed by atoms with E-state index < -0.39 is 28.2 Å². The quantitative estimate of drug-likeness (QED) is 0.322. The van der Waals surface area contributed by atoms with E-state index in [1.807, 2.05) is 0 Å². The Labute approximate surface area is 171 Å². The number of aromatic nitrogens is 1. The van der Waals surface area contributed by atoms with Gasteiger partial charge in [0.25, 0.3) is 17.2 Å². The van der Waals surface area contributed by atoms with Crippen molar-refractivity contribution in [2.45, 2.75) is 25.8 Å². The highest BCUT2D eigenvalue weighted by molar-refractivity contribution is 6.30.